The lowest BCUT2D eigenvalue weighted by atomic mass is 9.98. The van der Waals surface area contributed by atoms with Gasteiger partial charge in [-0.25, -0.2) is 9.37 Å². The lowest BCUT2D eigenvalue weighted by Crippen LogP contribution is -2.30. The first-order valence-electron chi connectivity index (χ1n) is 9.22. The first-order chi connectivity index (χ1) is 14.4. The van der Waals surface area contributed by atoms with Crippen LogP contribution in [-0.2, 0) is 0 Å². The van der Waals surface area contributed by atoms with Gasteiger partial charge >= 0.3 is 0 Å². The SMILES string of the molecule is Cc1ccc(N2C(=O)c3oc4ccc(F)cc4c(=O)c3[C@@H]2c2ccc(Br)cc2)nc1. The van der Waals surface area contributed by atoms with E-state index in [9.17, 15) is 14.0 Å². The number of halogens is 2. The van der Waals surface area contributed by atoms with Crippen LogP contribution in [0.3, 0.4) is 0 Å². The summed E-state index contributed by atoms with van der Waals surface area (Å²) in [6, 6.07) is 13.9. The smallest absolute Gasteiger partial charge is 0.296 e. The van der Waals surface area contributed by atoms with Crippen LogP contribution in [0.1, 0.15) is 33.3 Å². The number of carbonyl (C=O) groups is 1. The zero-order valence-electron chi connectivity index (χ0n) is 15.7. The molecule has 0 unspecified atom stereocenters. The molecule has 0 saturated heterocycles. The highest BCUT2D eigenvalue weighted by molar-refractivity contribution is 9.10. The Bertz CT molecular complexity index is 1360. The van der Waals surface area contributed by atoms with Gasteiger partial charge in [-0.15, -0.1) is 0 Å². The zero-order chi connectivity index (χ0) is 21.0. The minimum atomic E-state index is -0.736. The summed E-state index contributed by atoms with van der Waals surface area (Å²) in [6.07, 6.45) is 1.66. The third-order valence-electron chi connectivity index (χ3n) is 5.16. The monoisotopic (exact) mass is 464 g/mol. The van der Waals surface area contributed by atoms with Crippen LogP contribution in [0.5, 0.6) is 0 Å². The molecule has 148 valence electrons. The van der Waals surface area contributed by atoms with E-state index < -0.39 is 23.2 Å². The second-order valence-corrected chi connectivity index (χ2v) is 8.05. The number of fused-ring (bicyclic) bond motifs is 2. The Hall–Kier alpha value is -3.32. The fourth-order valence-corrected chi connectivity index (χ4v) is 4.01. The number of rotatable bonds is 2. The highest BCUT2D eigenvalue weighted by Crippen LogP contribution is 2.40. The van der Waals surface area contributed by atoms with E-state index in [1.807, 2.05) is 37.3 Å². The second kappa shape index (κ2) is 6.88. The molecule has 0 N–H and O–H groups in total. The molecule has 5 nitrogen and oxygen atoms in total. The molecule has 5 rings (SSSR count). The van der Waals surface area contributed by atoms with E-state index in [2.05, 4.69) is 20.9 Å². The third-order valence-corrected chi connectivity index (χ3v) is 5.69. The minimum absolute atomic E-state index is 0.0469. The lowest BCUT2D eigenvalue weighted by molar-refractivity contribution is 0.0970. The Morgan fingerprint density at radius 2 is 1.83 bits per heavy atom. The first-order valence-corrected chi connectivity index (χ1v) is 10.0. The van der Waals surface area contributed by atoms with E-state index in [0.717, 1.165) is 21.7 Å². The predicted octanol–water partition coefficient (Wildman–Crippen LogP) is 5.15. The van der Waals surface area contributed by atoms with Crippen molar-refractivity contribution < 1.29 is 13.6 Å². The zero-order valence-corrected chi connectivity index (χ0v) is 17.3. The van der Waals surface area contributed by atoms with Crippen LogP contribution in [0.25, 0.3) is 11.0 Å². The van der Waals surface area contributed by atoms with Gasteiger partial charge in [0.2, 0.25) is 5.76 Å². The summed E-state index contributed by atoms with van der Waals surface area (Å²) < 4.78 is 20.5. The molecule has 2 aromatic heterocycles. The number of hydrogen-bond donors (Lipinski definition) is 0. The fraction of sp³-hybridized carbons (Fsp3) is 0.0870. The summed E-state index contributed by atoms with van der Waals surface area (Å²) >= 11 is 3.41. The summed E-state index contributed by atoms with van der Waals surface area (Å²) in [7, 11) is 0. The van der Waals surface area contributed by atoms with Crippen molar-refractivity contribution in [3.8, 4) is 0 Å². The standard InChI is InChI=1S/C23H14BrFN2O3/c1-12-2-9-18(26-11-12)27-20(13-3-5-14(24)6-4-13)19-21(28)16-10-15(25)7-8-17(16)30-22(19)23(27)29/h2-11,20H,1H3/t20-/m0/s1. The summed E-state index contributed by atoms with van der Waals surface area (Å²) in [4.78, 5) is 32.6. The molecule has 4 aromatic rings. The molecule has 7 heteroatoms. The molecule has 0 saturated carbocycles. The van der Waals surface area contributed by atoms with Crippen molar-refractivity contribution in [2.45, 2.75) is 13.0 Å². The Balaban J connectivity index is 1.81. The highest BCUT2D eigenvalue weighted by atomic mass is 79.9. The summed E-state index contributed by atoms with van der Waals surface area (Å²) in [5.74, 6) is -0.650. The molecule has 2 aromatic carbocycles. The maximum Gasteiger partial charge on any atom is 0.296 e. The van der Waals surface area contributed by atoms with Crippen LogP contribution in [0.4, 0.5) is 10.2 Å². The van der Waals surface area contributed by atoms with Gasteiger partial charge in [-0.2, -0.15) is 0 Å². The second-order valence-electron chi connectivity index (χ2n) is 7.14. The molecule has 1 atom stereocenters. The van der Waals surface area contributed by atoms with Crippen molar-refractivity contribution in [1.29, 1.82) is 0 Å². The van der Waals surface area contributed by atoms with E-state index in [4.69, 9.17) is 4.42 Å². The van der Waals surface area contributed by atoms with Gasteiger partial charge in [-0.3, -0.25) is 14.5 Å². The van der Waals surface area contributed by atoms with Crippen molar-refractivity contribution >= 4 is 38.6 Å². The van der Waals surface area contributed by atoms with Crippen LogP contribution >= 0.6 is 15.9 Å². The van der Waals surface area contributed by atoms with Gasteiger partial charge < -0.3 is 4.42 Å². The van der Waals surface area contributed by atoms with Crippen LogP contribution in [0, 0.1) is 12.7 Å². The molecular formula is C23H14BrFN2O3. The Labute approximate surface area is 178 Å². The van der Waals surface area contributed by atoms with Gasteiger partial charge in [-0.05, 0) is 54.4 Å². The molecule has 3 heterocycles. The summed E-state index contributed by atoms with van der Waals surface area (Å²) in [5, 5.41) is 0.0994. The number of amides is 1. The first kappa shape index (κ1) is 18.7. The van der Waals surface area contributed by atoms with Gasteiger partial charge in [0.05, 0.1) is 17.0 Å². The van der Waals surface area contributed by atoms with Crippen LogP contribution in [-0.4, -0.2) is 10.9 Å². The number of benzene rings is 2. The minimum Gasteiger partial charge on any atom is -0.450 e. The Morgan fingerprint density at radius 1 is 1.07 bits per heavy atom. The van der Waals surface area contributed by atoms with Gasteiger partial charge in [0.1, 0.15) is 17.2 Å². The third kappa shape index (κ3) is 2.85. The number of anilines is 1. The van der Waals surface area contributed by atoms with Gasteiger partial charge in [0, 0.05) is 10.7 Å². The molecule has 1 amide bonds. The molecule has 0 fully saturated rings. The molecule has 30 heavy (non-hydrogen) atoms. The number of aryl methyl sites for hydroxylation is 1. The normalized spacial score (nSPS) is 15.6. The van der Waals surface area contributed by atoms with Gasteiger partial charge in [0.15, 0.2) is 5.43 Å². The molecule has 0 spiro atoms. The van der Waals surface area contributed by atoms with Crippen molar-refractivity contribution in [1.82, 2.24) is 4.98 Å². The average Bonchev–Trinajstić information content (AvgIpc) is 3.03. The van der Waals surface area contributed by atoms with Crippen LogP contribution in [0.2, 0.25) is 0 Å². The number of carbonyl (C=O) groups excluding carboxylic acids is 1. The highest BCUT2D eigenvalue weighted by Gasteiger charge is 2.44. The number of pyridine rings is 1. The predicted molar refractivity (Wildman–Crippen MR) is 114 cm³/mol. The van der Waals surface area contributed by atoms with E-state index in [1.165, 1.54) is 17.0 Å². The summed E-state index contributed by atoms with van der Waals surface area (Å²) in [6.45, 7) is 1.90. The largest absolute Gasteiger partial charge is 0.450 e. The van der Waals surface area contributed by atoms with Gasteiger partial charge in [0.25, 0.3) is 5.91 Å². The van der Waals surface area contributed by atoms with Gasteiger partial charge in [-0.1, -0.05) is 34.1 Å². The van der Waals surface area contributed by atoms with Crippen molar-refractivity contribution in [2.75, 3.05) is 4.90 Å². The topological polar surface area (TPSA) is 63.4 Å². The quantitative estimate of drug-likeness (QED) is 0.411. The van der Waals surface area contributed by atoms with Crippen molar-refractivity contribution in [3.63, 3.8) is 0 Å². The maximum absolute atomic E-state index is 13.8. The van der Waals surface area contributed by atoms with Crippen LogP contribution in [0.15, 0.2) is 74.5 Å². The average molecular weight is 465 g/mol. The van der Waals surface area contributed by atoms with E-state index >= 15 is 0 Å². The van der Waals surface area contributed by atoms with Crippen molar-refractivity contribution in [3.05, 3.63) is 104 Å². The molecule has 1 aliphatic rings. The van der Waals surface area contributed by atoms with Crippen LogP contribution < -0.4 is 10.3 Å². The van der Waals surface area contributed by atoms with E-state index in [0.29, 0.717) is 5.82 Å². The summed E-state index contributed by atoms with van der Waals surface area (Å²) in [5.41, 5.74) is 1.58. The van der Waals surface area contributed by atoms with E-state index in [-0.39, 0.29) is 22.3 Å². The lowest BCUT2D eigenvalue weighted by Gasteiger charge is -2.24. The Morgan fingerprint density at radius 3 is 2.53 bits per heavy atom. The molecule has 0 aliphatic carbocycles. The van der Waals surface area contributed by atoms with E-state index in [1.54, 1.807) is 12.3 Å². The fourth-order valence-electron chi connectivity index (χ4n) is 3.74. The van der Waals surface area contributed by atoms with Crippen molar-refractivity contribution in [2.24, 2.45) is 0 Å². The maximum atomic E-state index is 13.8. The molecule has 1 aliphatic heterocycles. The molecular weight excluding hydrogens is 451 g/mol. The number of aromatic nitrogens is 1. The Kier molecular flexibility index (Phi) is 4.29. The number of hydrogen-bond acceptors (Lipinski definition) is 4. The molecule has 0 radical (unpaired) electrons. The molecule has 0 bridgehead atoms. The number of nitrogens with zero attached hydrogens (tertiary/aromatic N) is 2.